The van der Waals surface area contributed by atoms with E-state index in [2.05, 4.69) is 4.99 Å². The van der Waals surface area contributed by atoms with Gasteiger partial charge in [-0.3, -0.25) is 0 Å². The van der Waals surface area contributed by atoms with Gasteiger partial charge in [0.15, 0.2) is 0 Å². The van der Waals surface area contributed by atoms with Crippen molar-refractivity contribution in [3.63, 3.8) is 0 Å². The first-order valence-electron chi connectivity index (χ1n) is 6.04. The predicted molar refractivity (Wildman–Crippen MR) is 76.1 cm³/mol. The summed E-state index contributed by atoms with van der Waals surface area (Å²) in [6, 6.07) is 8.92. The molecule has 3 N–H and O–H groups in total. The van der Waals surface area contributed by atoms with Crippen LogP contribution in [0.5, 0.6) is 0 Å². The van der Waals surface area contributed by atoms with Crippen LogP contribution in [0.4, 0.5) is 0 Å². The molecular formula is C14H12ClN3O2. The summed E-state index contributed by atoms with van der Waals surface area (Å²) in [5, 5.41) is 10.1. The highest BCUT2D eigenvalue weighted by Crippen LogP contribution is 2.36. The van der Waals surface area contributed by atoms with Crippen LogP contribution in [0.3, 0.4) is 0 Å². The first-order valence-corrected chi connectivity index (χ1v) is 6.42. The van der Waals surface area contributed by atoms with Gasteiger partial charge in [0.05, 0.1) is 11.6 Å². The van der Waals surface area contributed by atoms with E-state index in [4.69, 9.17) is 17.3 Å². The number of allylic oxidation sites excluding steroid dienone is 2. The summed E-state index contributed by atoms with van der Waals surface area (Å²) in [6.45, 7) is 0.133. The Balaban J connectivity index is 2.12. The molecule has 1 aromatic carbocycles. The Morgan fingerprint density at radius 1 is 1.35 bits per heavy atom. The second-order valence-electron chi connectivity index (χ2n) is 4.65. The minimum Gasteiger partial charge on any atom is -0.479 e. The molecule has 0 saturated carbocycles. The Labute approximate surface area is 120 Å². The van der Waals surface area contributed by atoms with Gasteiger partial charge in [0.1, 0.15) is 11.7 Å². The van der Waals surface area contributed by atoms with Gasteiger partial charge in [-0.25, -0.2) is 9.79 Å². The van der Waals surface area contributed by atoms with E-state index < -0.39 is 11.5 Å². The maximum absolute atomic E-state index is 11.8. The zero-order chi connectivity index (χ0) is 14.3. The Morgan fingerprint density at radius 2 is 2.05 bits per heavy atom. The quantitative estimate of drug-likeness (QED) is 0.867. The van der Waals surface area contributed by atoms with E-state index in [-0.39, 0.29) is 6.54 Å². The third-order valence-corrected chi connectivity index (χ3v) is 3.81. The van der Waals surface area contributed by atoms with Crippen molar-refractivity contribution in [3.8, 4) is 0 Å². The summed E-state index contributed by atoms with van der Waals surface area (Å²) in [5.74, 6) is -0.173. The smallest absolute Gasteiger partial charge is 0.338 e. The second kappa shape index (κ2) is 4.38. The number of rotatable bonds is 2. The van der Waals surface area contributed by atoms with Gasteiger partial charge in [0.2, 0.25) is 5.54 Å². The van der Waals surface area contributed by atoms with Gasteiger partial charge >= 0.3 is 5.97 Å². The third kappa shape index (κ3) is 1.71. The van der Waals surface area contributed by atoms with Crippen molar-refractivity contribution in [1.82, 2.24) is 4.90 Å². The molecule has 2 heterocycles. The lowest BCUT2D eigenvalue weighted by molar-refractivity contribution is -0.143. The average Bonchev–Trinajstić information content (AvgIpc) is 2.86. The molecule has 0 aromatic heterocycles. The molecule has 20 heavy (non-hydrogen) atoms. The van der Waals surface area contributed by atoms with Gasteiger partial charge < -0.3 is 15.7 Å². The van der Waals surface area contributed by atoms with Crippen molar-refractivity contribution < 1.29 is 9.90 Å². The topological polar surface area (TPSA) is 78.9 Å². The maximum atomic E-state index is 11.8. The monoisotopic (exact) mass is 289 g/mol. The Kier molecular flexibility index (Phi) is 2.79. The highest BCUT2D eigenvalue weighted by atomic mass is 35.5. The lowest BCUT2D eigenvalue weighted by atomic mass is 9.91. The molecule has 0 saturated heterocycles. The molecule has 0 spiro atoms. The number of nitrogens with zero attached hydrogens (tertiary/aromatic N) is 2. The van der Waals surface area contributed by atoms with Crippen LogP contribution in [0.1, 0.15) is 5.56 Å². The molecule has 2 aliphatic rings. The number of benzene rings is 1. The SMILES string of the molecule is NC1=C(Cl)C=CC2=NC(C(=O)O)(c3ccccc3)CN21. The fourth-order valence-corrected chi connectivity index (χ4v) is 2.57. The largest absolute Gasteiger partial charge is 0.479 e. The first kappa shape index (κ1) is 12.7. The first-order chi connectivity index (χ1) is 9.54. The number of hydrogen-bond acceptors (Lipinski definition) is 4. The minimum atomic E-state index is -1.35. The van der Waals surface area contributed by atoms with Crippen LogP contribution in [0, 0.1) is 0 Å². The second-order valence-corrected chi connectivity index (χ2v) is 5.06. The lowest BCUT2D eigenvalue weighted by Crippen LogP contribution is -2.41. The van der Waals surface area contributed by atoms with Gasteiger partial charge in [-0.2, -0.15) is 0 Å². The van der Waals surface area contributed by atoms with Crippen LogP contribution in [0.25, 0.3) is 0 Å². The number of halogens is 1. The Morgan fingerprint density at radius 3 is 2.70 bits per heavy atom. The molecule has 3 rings (SSSR count). The summed E-state index contributed by atoms with van der Waals surface area (Å²) in [6.07, 6.45) is 3.29. The number of aliphatic carboxylic acids is 1. The van der Waals surface area contributed by atoms with Crippen LogP contribution >= 0.6 is 11.6 Å². The van der Waals surface area contributed by atoms with Gasteiger partial charge in [0.25, 0.3) is 0 Å². The van der Waals surface area contributed by atoms with E-state index in [1.807, 2.05) is 6.07 Å². The van der Waals surface area contributed by atoms with Crippen molar-refractivity contribution in [2.24, 2.45) is 10.7 Å². The number of amidine groups is 1. The van der Waals surface area contributed by atoms with Crippen LogP contribution in [-0.2, 0) is 10.3 Å². The molecule has 5 nitrogen and oxygen atoms in total. The molecular weight excluding hydrogens is 278 g/mol. The summed E-state index contributed by atoms with van der Waals surface area (Å²) >= 11 is 5.98. The fraction of sp³-hybridized carbons (Fsp3) is 0.143. The van der Waals surface area contributed by atoms with E-state index in [1.54, 1.807) is 41.3 Å². The zero-order valence-corrected chi connectivity index (χ0v) is 11.2. The average molecular weight is 290 g/mol. The predicted octanol–water partition coefficient (Wildman–Crippen LogP) is 1.62. The summed E-state index contributed by atoms with van der Waals surface area (Å²) in [5.41, 5.74) is 5.17. The van der Waals surface area contributed by atoms with E-state index in [1.165, 1.54) is 0 Å². The molecule has 102 valence electrons. The van der Waals surface area contributed by atoms with Gasteiger partial charge in [0, 0.05) is 0 Å². The van der Waals surface area contributed by atoms with Crippen molar-refractivity contribution in [3.05, 3.63) is 58.9 Å². The number of carboxylic acid groups (broad SMARTS) is 1. The van der Waals surface area contributed by atoms with Crippen LogP contribution in [-0.4, -0.2) is 28.4 Å². The van der Waals surface area contributed by atoms with E-state index in [9.17, 15) is 9.90 Å². The molecule has 0 radical (unpaired) electrons. The highest BCUT2D eigenvalue weighted by molar-refractivity contribution is 6.32. The van der Waals surface area contributed by atoms with Crippen LogP contribution < -0.4 is 5.73 Å². The Bertz CT molecular complexity index is 666. The lowest BCUT2D eigenvalue weighted by Gasteiger charge is -2.26. The van der Waals surface area contributed by atoms with E-state index in [0.717, 1.165) is 0 Å². The Hall–Kier alpha value is -2.27. The minimum absolute atomic E-state index is 0.133. The van der Waals surface area contributed by atoms with Crippen LogP contribution in [0.2, 0.25) is 0 Å². The maximum Gasteiger partial charge on any atom is 0.338 e. The van der Waals surface area contributed by atoms with E-state index >= 15 is 0 Å². The highest BCUT2D eigenvalue weighted by Gasteiger charge is 2.48. The molecule has 1 aromatic rings. The summed E-state index contributed by atoms with van der Waals surface area (Å²) < 4.78 is 0. The molecule has 0 fully saturated rings. The van der Waals surface area contributed by atoms with Crippen molar-refractivity contribution >= 4 is 23.4 Å². The standard InChI is InChI=1S/C14H12ClN3O2/c15-10-6-7-11-17-14(13(19)20,8-18(11)12(10)16)9-4-2-1-3-5-9/h1-7H,8,16H2,(H,19,20). The van der Waals surface area contributed by atoms with Crippen molar-refractivity contribution in [2.75, 3.05) is 6.54 Å². The summed E-state index contributed by atoms with van der Waals surface area (Å²) in [7, 11) is 0. The number of carbonyl (C=O) groups is 1. The van der Waals surface area contributed by atoms with Crippen LogP contribution in [0.15, 0.2) is 58.3 Å². The number of aliphatic imine (C=N–C) groups is 1. The number of fused-ring (bicyclic) bond motifs is 1. The van der Waals surface area contributed by atoms with Gasteiger partial charge in [-0.05, 0) is 17.7 Å². The molecule has 1 atom stereocenters. The van der Waals surface area contributed by atoms with Gasteiger partial charge in [-0.1, -0.05) is 41.9 Å². The molecule has 6 heteroatoms. The molecule has 0 aliphatic carbocycles. The van der Waals surface area contributed by atoms with E-state index in [0.29, 0.717) is 22.3 Å². The fourth-order valence-electron chi connectivity index (χ4n) is 2.41. The molecule has 2 aliphatic heterocycles. The third-order valence-electron chi connectivity index (χ3n) is 3.49. The van der Waals surface area contributed by atoms with Crippen molar-refractivity contribution in [2.45, 2.75) is 5.54 Å². The molecule has 0 amide bonds. The van der Waals surface area contributed by atoms with Gasteiger partial charge in [-0.15, -0.1) is 0 Å². The normalized spacial score (nSPS) is 24.6. The van der Waals surface area contributed by atoms with Crippen molar-refractivity contribution in [1.29, 1.82) is 0 Å². The number of carboxylic acids is 1. The molecule has 0 bridgehead atoms. The molecule has 1 unspecified atom stereocenters. The number of hydrogen-bond donors (Lipinski definition) is 2. The summed E-state index contributed by atoms with van der Waals surface area (Å²) in [4.78, 5) is 17.8. The zero-order valence-electron chi connectivity index (χ0n) is 10.5. The number of nitrogens with two attached hydrogens (primary N) is 1.